The summed E-state index contributed by atoms with van der Waals surface area (Å²) in [4.78, 5) is 0. The molecule has 0 aliphatic heterocycles. The van der Waals surface area contributed by atoms with Gasteiger partial charge in [-0.05, 0) is 38.5 Å². The van der Waals surface area contributed by atoms with Gasteiger partial charge in [0, 0.05) is 0 Å². The number of hydrogen-bond acceptors (Lipinski definition) is 0. The van der Waals surface area contributed by atoms with Crippen molar-refractivity contribution in [2.75, 3.05) is 0 Å². The van der Waals surface area contributed by atoms with Gasteiger partial charge in [-0.3, -0.25) is 0 Å². The van der Waals surface area contributed by atoms with Crippen LogP contribution in [-0.2, 0) is 0 Å². The molecule has 0 heteroatoms. The van der Waals surface area contributed by atoms with Gasteiger partial charge in [0.2, 0.25) is 0 Å². The van der Waals surface area contributed by atoms with Crippen molar-refractivity contribution in [2.24, 2.45) is 0 Å². The fourth-order valence-corrected chi connectivity index (χ4v) is 1.72. The van der Waals surface area contributed by atoms with E-state index in [9.17, 15) is 0 Å². The number of allylic oxidation sites excluding steroid dienone is 4. The molecule has 0 aliphatic carbocycles. The minimum absolute atomic E-state index is 1.18. The zero-order valence-electron chi connectivity index (χ0n) is 11.4. The molecule has 0 fully saturated rings. The molecule has 0 atom stereocenters. The van der Waals surface area contributed by atoms with Gasteiger partial charge in [0.05, 0.1) is 0 Å². The minimum Gasteiger partial charge on any atom is -0.0888 e. The zero-order valence-corrected chi connectivity index (χ0v) is 11.4. The molecule has 0 aromatic rings. The molecular formula is C16H30. The van der Waals surface area contributed by atoms with E-state index >= 15 is 0 Å². The lowest BCUT2D eigenvalue weighted by Gasteiger charge is -1.97. The van der Waals surface area contributed by atoms with Gasteiger partial charge in [0.25, 0.3) is 0 Å². The standard InChI is InChI=1S/C16H30/c1-3-5-7-9-11-13-15-16-14-12-10-8-6-4-2/h5,7,10,12H,3-4,6,8-9,11,13-16H2,1-2H3/b7-5+,12-10+. The summed E-state index contributed by atoms with van der Waals surface area (Å²) in [5, 5.41) is 0. The lowest BCUT2D eigenvalue weighted by Crippen LogP contribution is -1.77. The summed E-state index contributed by atoms with van der Waals surface area (Å²) in [5.41, 5.74) is 0. The SMILES string of the molecule is CC/C=C/CCCCCC/C=C/CCCC. The molecule has 0 amide bonds. The first-order valence-electron chi connectivity index (χ1n) is 7.21. The second-order valence-electron chi connectivity index (χ2n) is 4.48. The molecule has 0 aromatic heterocycles. The molecule has 0 heterocycles. The summed E-state index contributed by atoms with van der Waals surface area (Å²) in [6.07, 6.45) is 22.6. The van der Waals surface area contributed by atoms with E-state index < -0.39 is 0 Å². The highest BCUT2D eigenvalue weighted by atomic mass is 13.9. The highest BCUT2D eigenvalue weighted by Gasteiger charge is 1.87. The van der Waals surface area contributed by atoms with Crippen LogP contribution in [0, 0.1) is 0 Å². The third-order valence-electron chi connectivity index (χ3n) is 2.78. The molecule has 0 rings (SSSR count). The van der Waals surface area contributed by atoms with Crippen LogP contribution in [0.1, 0.15) is 78.1 Å². The number of unbranched alkanes of at least 4 members (excludes halogenated alkanes) is 7. The molecule has 0 nitrogen and oxygen atoms in total. The van der Waals surface area contributed by atoms with Gasteiger partial charge in [-0.2, -0.15) is 0 Å². The van der Waals surface area contributed by atoms with E-state index in [1.807, 2.05) is 0 Å². The van der Waals surface area contributed by atoms with Gasteiger partial charge >= 0.3 is 0 Å². The Morgan fingerprint density at radius 2 is 1.06 bits per heavy atom. The second-order valence-corrected chi connectivity index (χ2v) is 4.48. The predicted octanol–water partition coefficient (Wildman–Crippen LogP) is 6.04. The van der Waals surface area contributed by atoms with Gasteiger partial charge in [0.1, 0.15) is 0 Å². The van der Waals surface area contributed by atoms with Crippen LogP contribution in [0.3, 0.4) is 0 Å². The van der Waals surface area contributed by atoms with Crippen molar-refractivity contribution >= 4 is 0 Å². The van der Waals surface area contributed by atoms with Crippen LogP contribution < -0.4 is 0 Å². The minimum atomic E-state index is 1.18. The fraction of sp³-hybridized carbons (Fsp3) is 0.750. The van der Waals surface area contributed by atoms with Crippen molar-refractivity contribution in [1.82, 2.24) is 0 Å². The van der Waals surface area contributed by atoms with Gasteiger partial charge < -0.3 is 0 Å². The van der Waals surface area contributed by atoms with Crippen LogP contribution in [0.25, 0.3) is 0 Å². The topological polar surface area (TPSA) is 0 Å². The van der Waals surface area contributed by atoms with Crippen LogP contribution in [0.4, 0.5) is 0 Å². The first-order valence-corrected chi connectivity index (χ1v) is 7.21. The van der Waals surface area contributed by atoms with Crippen molar-refractivity contribution in [3.05, 3.63) is 24.3 Å². The van der Waals surface area contributed by atoms with E-state index in [0.29, 0.717) is 0 Å². The van der Waals surface area contributed by atoms with Crippen molar-refractivity contribution < 1.29 is 0 Å². The van der Waals surface area contributed by atoms with Gasteiger partial charge in [0.15, 0.2) is 0 Å². The van der Waals surface area contributed by atoms with E-state index in [1.54, 1.807) is 0 Å². The maximum atomic E-state index is 2.37. The third-order valence-corrected chi connectivity index (χ3v) is 2.78. The summed E-state index contributed by atoms with van der Waals surface area (Å²) in [6.45, 7) is 4.45. The number of hydrogen-bond donors (Lipinski definition) is 0. The van der Waals surface area contributed by atoms with Crippen molar-refractivity contribution in [1.29, 1.82) is 0 Å². The maximum absolute atomic E-state index is 2.37. The Hall–Kier alpha value is -0.520. The Labute approximate surface area is 103 Å². The lowest BCUT2D eigenvalue weighted by molar-refractivity contribution is 0.651. The molecule has 0 aliphatic rings. The summed E-state index contributed by atoms with van der Waals surface area (Å²) >= 11 is 0. The molecule has 0 saturated carbocycles. The van der Waals surface area contributed by atoms with Gasteiger partial charge in [-0.15, -0.1) is 0 Å². The molecular weight excluding hydrogens is 192 g/mol. The van der Waals surface area contributed by atoms with Crippen LogP contribution in [-0.4, -0.2) is 0 Å². The van der Waals surface area contributed by atoms with E-state index in [2.05, 4.69) is 38.2 Å². The average Bonchev–Trinajstić information content (AvgIpc) is 2.31. The molecule has 0 N–H and O–H groups in total. The summed E-state index contributed by atoms with van der Waals surface area (Å²) in [7, 11) is 0. The average molecular weight is 222 g/mol. The van der Waals surface area contributed by atoms with E-state index in [0.717, 1.165) is 0 Å². The number of rotatable bonds is 11. The largest absolute Gasteiger partial charge is 0.0888 e. The zero-order chi connectivity index (χ0) is 11.9. The smallest absolute Gasteiger partial charge is 0.0351 e. The first kappa shape index (κ1) is 15.5. The molecule has 0 bridgehead atoms. The van der Waals surface area contributed by atoms with E-state index in [-0.39, 0.29) is 0 Å². The molecule has 0 unspecified atom stereocenters. The van der Waals surface area contributed by atoms with E-state index in [4.69, 9.17) is 0 Å². The normalized spacial score (nSPS) is 11.9. The molecule has 0 aromatic carbocycles. The monoisotopic (exact) mass is 222 g/mol. The van der Waals surface area contributed by atoms with Crippen LogP contribution in [0.5, 0.6) is 0 Å². The van der Waals surface area contributed by atoms with E-state index in [1.165, 1.54) is 64.2 Å². The van der Waals surface area contributed by atoms with Crippen LogP contribution in [0.2, 0.25) is 0 Å². The summed E-state index contributed by atoms with van der Waals surface area (Å²) in [6, 6.07) is 0. The first-order chi connectivity index (χ1) is 7.91. The Morgan fingerprint density at radius 1 is 0.562 bits per heavy atom. The Balaban J connectivity index is 3.03. The molecule has 0 radical (unpaired) electrons. The highest BCUT2D eigenvalue weighted by Crippen LogP contribution is 2.07. The third kappa shape index (κ3) is 13.5. The second kappa shape index (κ2) is 14.5. The molecule has 94 valence electrons. The summed E-state index contributed by atoms with van der Waals surface area (Å²) in [5.74, 6) is 0. The van der Waals surface area contributed by atoms with Crippen molar-refractivity contribution in [2.45, 2.75) is 78.1 Å². The van der Waals surface area contributed by atoms with Gasteiger partial charge in [-0.25, -0.2) is 0 Å². The summed E-state index contributed by atoms with van der Waals surface area (Å²) < 4.78 is 0. The van der Waals surface area contributed by atoms with Crippen LogP contribution in [0.15, 0.2) is 24.3 Å². The van der Waals surface area contributed by atoms with Gasteiger partial charge in [-0.1, -0.05) is 63.8 Å². The van der Waals surface area contributed by atoms with Crippen molar-refractivity contribution in [3.8, 4) is 0 Å². The quantitative estimate of drug-likeness (QED) is 0.295. The molecule has 16 heavy (non-hydrogen) atoms. The Morgan fingerprint density at radius 3 is 1.56 bits per heavy atom. The Kier molecular flexibility index (Phi) is 14.0. The fourth-order valence-electron chi connectivity index (χ4n) is 1.72. The predicted molar refractivity (Wildman–Crippen MR) is 75.8 cm³/mol. The van der Waals surface area contributed by atoms with Crippen LogP contribution >= 0.6 is 0 Å². The maximum Gasteiger partial charge on any atom is -0.0351 e. The molecule has 0 saturated heterocycles. The highest BCUT2D eigenvalue weighted by molar-refractivity contribution is 4.81. The Bertz CT molecular complexity index is 165. The van der Waals surface area contributed by atoms with Crippen molar-refractivity contribution in [3.63, 3.8) is 0 Å². The molecule has 0 spiro atoms. The lowest BCUT2D eigenvalue weighted by atomic mass is 10.1.